The van der Waals surface area contributed by atoms with Crippen LogP contribution in [0.4, 0.5) is 0 Å². The van der Waals surface area contributed by atoms with Gasteiger partial charge in [0, 0.05) is 24.8 Å². The molecule has 1 unspecified atom stereocenters. The molecular weight excluding hydrogens is 410 g/mol. The normalized spacial score (nSPS) is 15.9. The first-order valence-corrected chi connectivity index (χ1v) is 10.4. The van der Waals surface area contributed by atoms with E-state index in [2.05, 4.69) is 5.10 Å². The van der Waals surface area contributed by atoms with E-state index in [-0.39, 0.29) is 24.2 Å². The van der Waals surface area contributed by atoms with Crippen LogP contribution in [-0.2, 0) is 14.3 Å². The number of carbonyl (C=O) groups excluding carboxylic acids is 2. The van der Waals surface area contributed by atoms with Crippen molar-refractivity contribution in [2.24, 2.45) is 0 Å². The number of amides is 1. The maximum atomic E-state index is 13.0. The van der Waals surface area contributed by atoms with Gasteiger partial charge in [-0.25, -0.2) is 9.48 Å². The van der Waals surface area contributed by atoms with Crippen molar-refractivity contribution in [2.45, 2.75) is 13.0 Å². The largest absolute Gasteiger partial charge is 0.497 e. The van der Waals surface area contributed by atoms with Crippen LogP contribution in [-0.4, -0.2) is 66.1 Å². The smallest absolute Gasteiger partial charge is 0.342 e. The van der Waals surface area contributed by atoms with Crippen LogP contribution in [0.1, 0.15) is 17.3 Å². The SMILES string of the molecule is COc1ccc(-c2nn(-c3ccccc3)cc2C(=O)OCC(=O)N2CCOC(C)C2)cc1. The number of rotatable bonds is 6. The van der Waals surface area contributed by atoms with Crippen LogP contribution in [0.25, 0.3) is 16.9 Å². The van der Waals surface area contributed by atoms with Crippen molar-refractivity contribution in [3.05, 3.63) is 66.4 Å². The van der Waals surface area contributed by atoms with Gasteiger partial charge < -0.3 is 19.1 Å². The Hall–Kier alpha value is -3.65. The molecule has 166 valence electrons. The molecule has 0 N–H and O–H groups in total. The van der Waals surface area contributed by atoms with Gasteiger partial charge in [-0.3, -0.25) is 4.79 Å². The molecular formula is C24H25N3O5. The van der Waals surface area contributed by atoms with Crippen molar-refractivity contribution >= 4 is 11.9 Å². The van der Waals surface area contributed by atoms with Gasteiger partial charge in [0.25, 0.3) is 5.91 Å². The summed E-state index contributed by atoms with van der Waals surface area (Å²) in [5.74, 6) is -0.145. The van der Waals surface area contributed by atoms with Crippen LogP contribution < -0.4 is 4.74 Å². The topological polar surface area (TPSA) is 82.9 Å². The highest BCUT2D eigenvalue weighted by Gasteiger charge is 2.25. The van der Waals surface area contributed by atoms with Crippen LogP contribution >= 0.6 is 0 Å². The fourth-order valence-corrected chi connectivity index (χ4v) is 3.54. The summed E-state index contributed by atoms with van der Waals surface area (Å²) < 4.78 is 17.7. The van der Waals surface area contributed by atoms with E-state index >= 15 is 0 Å². The Morgan fingerprint density at radius 3 is 2.56 bits per heavy atom. The van der Waals surface area contributed by atoms with Crippen molar-refractivity contribution in [3.8, 4) is 22.7 Å². The van der Waals surface area contributed by atoms with Crippen LogP contribution in [0.2, 0.25) is 0 Å². The third-order valence-electron chi connectivity index (χ3n) is 5.24. The molecule has 0 aliphatic carbocycles. The van der Waals surface area contributed by atoms with E-state index in [4.69, 9.17) is 14.2 Å². The first-order chi connectivity index (χ1) is 15.5. The predicted octanol–water partition coefficient (Wildman–Crippen LogP) is 2.95. The summed E-state index contributed by atoms with van der Waals surface area (Å²) in [6, 6.07) is 16.7. The number of hydrogen-bond acceptors (Lipinski definition) is 6. The van der Waals surface area contributed by atoms with Gasteiger partial charge in [-0.15, -0.1) is 0 Å². The molecule has 2 heterocycles. The van der Waals surface area contributed by atoms with Crippen molar-refractivity contribution in [1.82, 2.24) is 14.7 Å². The van der Waals surface area contributed by atoms with Gasteiger partial charge in [0.05, 0.1) is 25.5 Å². The number of methoxy groups -OCH3 is 1. The maximum Gasteiger partial charge on any atom is 0.342 e. The van der Waals surface area contributed by atoms with Gasteiger partial charge in [0.2, 0.25) is 0 Å². The minimum absolute atomic E-state index is 0.0332. The standard InChI is InChI=1S/C24H25N3O5/c1-17-14-26(12-13-31-17)22(28)16-32-24(29)21-15-27(19-6-4-3-5-7-19)25-23(21)18-8-10-20(30-2)11-9-18/h3-11,15,17H,12-14,16H2,1-2H3. The zero-order valence-electron chi connectivity index (χ0n) is 18.1. The molecule has 8 nitrogen and oxygen atoms in total. The molecule has 32 heavy (non-hydrogen) atoms. The van der Waals surface area contributed by atoms with Gasteiger partial charge in [-0.2, -0.15) is 5.10 Å². The lowest BCUT2D eigenvalue weighted by molar-refractivity contribution is -0.141. The number of benzene rings is 2. The molecule has 1 aliphatic heterocycles. The number of ether oxygens (including phenoxy) is 3. The Morgan fingerprint density at radius 2 is 1.88 bits per heavy atom. The average molecular weight is 435 g/mol. The second kappa shape index (κ2) is 9.65. The molecule has 0 spiro atoms. The lowest BCUT2D eigenvalue weighted by Gasteiger charge is -2.30. The van der Waals surface area contributed by atoms with Crippen molar-refractivity contribution < 1.29 is 23.8 Å². The molecule has 0 saturated carbocycles. The van der Waals surface area contributed by atoms with Gasteiger partial charge in [-0.05, 0) is 43.3 Å². The number of para-hydroxylation sites is 1. The van der Waals surface area contributed by atoms with E-state index in [9.17, 15) is 9.59 Å². The number of morpholine rings is 1. The summed E-state index contributed by atoms with van der Waals surface area (Å²) >= 11 is 0. The van der Waals surface area contributed by atoms with Crippen LogP contribution in [0.5, 0.6) is 5.75 Å². The van der Waals surface area contributed by atoms with Gasteiger partial charge >= 0.3 is 5.97 Å². The van der Waals surface area contributed by atoms with E-state index < -0.39 is 5.97 Å². The molecule has 0 radical (unpaired) electrons. The summed E-state index contributed by atoms with van der Waals surface area (Å²) in [6.07, 6.45) is 1.59. The third kappa shape index (κ3) is 4.81. The Labute approximate surface area is 186 Å². The monoisotopic (exact) mass is 435 g/mol. The number of nitrogens with zero attached hydrogens (tertiary/aromatic N) is 3. The van der Waals surface area contributed by atoms with Crippen molar-refractivity contribution in [2.75, 3.05) is 33.4 Å². The molecule has 1 saturated heterocycles. The van der Waals surface area contributed by atoms with E-state index in [1.165, 1.54) is 0 Å². The molecule has 1 atom stereocenters. The first kappa shape index (κ1) is 21.6. The lowest BCUT2D eigenvalue weighted by Crippen LogP contribution is -2.46. The van der Waals surface area contributed by atoms with Crippen LogP contribution in [0.3, 0.4) is 0 Å². The fraction of sp³-hybridized carbons (Fsp3) is 0.292. The van der Waals surface area contributed by atoms with E-state index in [0.717, 1.165) is 11.3 Å². The highest BCUT2D eigenvalue weighted by atomic mass is 16.5. The van der Waals surface area contributed by atoms with E-state index in [0.29, 0.717) is 31.1 Å². The quantitative estimate of drug-likeness (QED) is 0.554. The Kier molecular flexibility index (Phi) is 6.51. The van der Waals surface area contributed by atoms with Crippen LogP contribution in [0, 0.1) is 0 Å². The molecule has 4 rings (SSSR count). The molecule has 8 heteroatoms. The van der Waals surface area contributed by atoms with Crippen molar-refractivity contribution in [1.29, 1.82) is 0 Å². The highest BCUT2D eigenvalue weighted by molar-refractivity contribution is 5.97. The first-order valence-electron chi connectivity index (χ1n) is 10.4. The molecule has 2 aromatic carbocycles. The van der Waals surface area contributed by atoms with Crippen molar-refractivity contribution in [3.63, 3.8) is 0 Å². The van der Waals surface area contributed by atoms with E-state index in [1.807, 2.05) is 49.4 Å². The Balaban J connectivity index is 1.57. The summed E-state index contributed by atoms with van der Waals surface area (Å²) in [4.78, 5) is 27.1. The zero-order valence-corrected chi connectivity index (χ0v) is 18.1. The number of carbonyl (C=O) groups is 2. The maximum absolute atomic E-state index is 13.0. The number of esters is 1. The average Bonchev–Trinajstić information content (AvgIpc) is 3.28. The summed E-state index contributed by atoms with van der Waals surface area (Å²) in [7, 11) is 1.59. The molecule has 1 fully saturated rings. The van der Waals surface area contributed by atoms with Gasteiger partial charge in [0.15, 0.2) is 6.61 Å². The fourth-order valence-electron chi connectivity index (χ4n) is 3.54. The van der Waals surface area contributed by atoms with Gasteiger partial charge in [-0.1, -0.05) is 18.2 Å². The molecule has 1 aromatic heterocycles. The number of hydrogen-bond donors (Lipinski definition) is 0. The third-order valence-corrected chi connectivity index (χ3v) is 5.24. The van der Waals surface area contributed by atoms with E-state index in [1.54, 1.807) is 35.0 Å². The zero-order chi connectivity index (χ0) is 22.5. The minimum atomic E-state index is -0.604. The second-order valence-electron chi connectivity index (χ2n) is 7.50. The summed E-state index contributed by atoms with van der Waals surface area (Å²) in [5.41, 5.74) is 2.29. The number of aromatic nitrogens is 2. The lowest BCUT2D eigenvalue weighted by atomic mass is 10.1. The van der Waals surface area contributed by atoms with Gasteiger partial charge in [0.1, 0.15) is 17.0 Å². The minimum Gasteiger partial charge on any atom is -0.497 e. The predicted molar refractivity (Wildman–Crippen MR) is 118 cm³/mol. The molecule has 1 aliphatic rings. The van der Waals surface area contributed by atoms with Crippen LogP contribution in [0.15, 0.2) is 60.8 Å². The molecule has 0 bridgehead atoms. The summed E-state index contributed by atoms with van der Waals surface area (Å²) in [6.45, 7) is 3.03. The Morgan fingerprint density at radius 1 is 1.12 bits per heavy atom. The molecule has 3 aromatic rings. The Bertz CT molecular complexity index is 1080. The highest BCUT2D eigenvalue weighted by Crippen LogP contribution is 2.26. The second-order valence-corrected chi connectivity index (χ2v) is 7.50. The summed E-state index contributed by atoms with van der Waals surface area (Å²) in [5, 5.41) is 4.62. The molecule has 1 amide bonds.